The average Bonchev–Trinajstić information content (AvgIpc) is 3.09. The van der Waals surface area contributed by atoms with Gasteiger partial charge in [-0.1, -0.05) is 41.9 Å². The monoisotopic (exact) mass is 445 g/mol. The number of ether oxygens (including phenoxy) is 1. The molecule has 32 heavy (non-hydrogen) atoms. The zero-order valence-electron chi connectivity index (χ0n) is 17.6. The van der Waals surface area contributed by atoms with Crippen LogP contribution in [0, 0.1) is 0 Å². The fourth-order valence-electron chi connectivity index (χ4n) is 4.23. The van der Waals surface area contributed by atoms with Gasteiger partial charge in [0.15, 0.2) is 0 Å². The lowest BCUT2D eigenvalue weighted by Crippen LogP contribution is -2.39. The van der Waals surface area contributed by atoms with E-state index in [0.717, 1.165) is 16.5 Å². The molecule has 6 nitrogen and oxygen atoms in total. The molecule has 0 aliphatic heterocycles. The lowest BCUT2D eigenvalue weighted by molar-refractivity contribution is 0.415. The number of benzene rings is 3. The molecule has 7 heteroatoms. The minimum atomic E-state index is -0.413. The molecule has 0 radical (unpaired) electrons. The molecule has 0 saturated heterocycles. The Kier molecular flexibility index (Phi) is 4.87. The maximum Gasteiger partial charge on any atom is 0.336 e. The van der Waals surface area contributed by atoms with Crippen molar-refractivity contribution in [3.05, 3.63) is 104 Å². The highest BCUT2D eigenvalue weighted by Gasteiger charge is 2.21. The SMILES string of the molecule is COc1ccc2c(c1)c1c(c(=O)n(-c3ccccc3)c(=O)n1Cc1cccc(Cl)c1)n2C. The summed E-state index contributed by atoms with van der Waals surface area (Å²) in [5.41, 5.74) is 2.46. The first kappa shape index (κ1) is 20.2. The van der Waals surface area contributed by atoms with E-state index in [2.05, 4.69) is 0 Å². The van der Waals surface area contributed by atoms with Crippen LogP contribution in [0.2, 0.25) is 5.02 Å². The lowest BCUT2D eigenvalue weighted by atomic mass is 10.2. The number of rotatable bonds is 4. The van der Waals surface area contributed by atoms with Crippen LogP contribution >= 0.6 is 11.6 Å². The van der Waals surface area contributed by atoms with E-state index in [0.29, 0.717) is 27.5 Å². The van der Waals surface area contributed by atoms with Gasteiger partial charge in [-0.2, -0.15) is 0 Å². The van der Waals surface area contributed by atoms with Gasteiger partial charge in [0.1, 0.15) is 11.3 Å². The topological polar surface area (TPSA) is 58.2 Å². The molecule has 2 aromatic heterocycles. The van der Waals surface area contributed by atoms with E-state index >= 15 is 0 Å². The zero-order chi connectivity index (χ0) is 22.4. The Morgan fingerprint density at radius 1 is 0.906 bits per heavy atom. The molecule has 0 fully saturated rings. The van der Waals surface area contributed by atoms with Crippen LogP contribution in [0.4, 0.5) is 0 Å². The number of para-hydroxylation sites is 1. The summed E-state index contributed by atoms with van der Waals surface area (Å²) in [6.45, 7) is 0.263. The van der Waals surface area contributed by atoms with E-state index in [-0.39, 0.29) is 12.1 Å². The highest BCUT2D eigenvalue weighted by atomic mass is 35.5. The number of hydrogen-bond acceptors (Lipinski definition) is 3. The van der Waals surface area contributed by atoms with Gasteiger partial charge in [0.25, 0.3) is 5.56 Å². The summed E-state index contributed by atoms with van der Waals surface area (Å²) in [4.78, 5) is 27.4. The van der Waals surface area contributed by atoms with E-state index in [4.69, 9.17) is 16.3 Å². The second-order valence-corrected chi connectivity index (χ2v) is 8.05. The van der Waals surface area contributed by atoms with Crippen LogP contribution in [0.3, 0.4) is 0 Å². The van der Waals surface area contributed by atoms with Crippen LogP contribution in [-0.2, 0) is 13.6 Å². The summed E-state index contributed by atoms with van der Waals surface area (Å²) < 4.78 is 10.1. The van der Waals surface area contributed by atoms with Crippen molar-refractivity contribution in [2.75, 3.05) is 7.11 Å². The van der Waals surface area contributed by atoms with Crippen molar-refractivity contribution in [3.8, 4) is 11.4 Å². The Morgan fingerprint density at radius 2 is 1.69 bits per heavy atom. The molecular formula is C25H20ClN3O3. The van der Waals surface area contributed by atoms with Crippen molar-refractivity contribution in [3.63, 3.8) is 0 Å². The normalized spacial score (nSPS) is 11.3. The Hall–Kier alpha value is -3.77. The molecule has 0 amide bonds. The standard InChI is InChI=1S/C25H20ClN3O3/c1-27-21-12-11-19(32-2)14-20(21)22-23(27)24(30)29(18-9-4-3-5-10-18)25(31)28(22)15-16-7-6-8-17(26)13-16/h3-14H,15H2,1-2H3. The van der Waals surface area contributed by atoms with Crippen LogP contribution in [0.15, 0.2) is 82.4 Å². The molecule has 0 aliphatic carbocycles. The van der Waals surface area contributed by atoms with Crippen molar-refractivity contribution in [2.24, 2.45) is 7.05 Å². The summed E-state index contributed by atoms with van der Waals surface area (Å²) in [7, 11) is 3.43. The summed E-state index contributed by atoms with van der Waals surface area (Å²) in [6.07, 6.45) is 0. The number of nitrogens with zero attached hydrogens (tertiary/aromatic N) is 3. The van der Waals surface area contributed by atoms with E-state index in [1.54, 1.807) is 42.0 Å². The van der Waals surface area contributed by atoms with Gasteiger partial charge < -0.3 is 9.30 Å². The van der Waals surface area contributed by atoms with Crippen LogP contribution < -0.4 is 16.0 Å². The predicted octanol–water partition coefficient (Wildman–Crippen LogP) is 4.35. The summed E-state index contributed by atoms with van der Waals surface area (Å²) >= 11 is 6.20. The zero-order valence-corrected chi connectivity index (χ0v) is 18.3. The first-order valence-electron chi connectivity index (χ1n) is 10.1. The van der Waals surface area contributed by atoms with Crippen molar-refractivity contribution < 1.29 is 4.74 Å². The molecule has 2 heterocycles. The van der Waals surface area contributed by atoms with Gasteiger partial charge in [0.2, 0.25) is 0 Å². The Balaban J connectivity index is 1.95. The largest absolute Gasteiger partial charge is 0.497 e. The second kappa shape index (κ2) is 7.73. The predicted molar refractivity (Wildman–Crippen MR) is 127 cm³/mol. The summed E-state index contributed by atoms with van der Waals surface area (Å²) in [6, 6.07) is 21.9. The number of aromatic nitrogens is 3. The van der Waals surface area contributed by atoms with Gasteiger partial charge in [0.05, 0.1) is 30.4 Å². The molecule has 0 spiro atoms. The number of aryl methyl sites for hydroxylation is 1. The van der Waals surface area contributed by atoms with Crippen LogP contribution in [0.5, 0.6) is 5.75 Å². The van der Waals surface area contributed by atoms with Gasteiger partial charge in [-0.15, -0.1) is 0 Å². The average molecular weight is 446 g/mol. The molecule has 5 rings (SSSR count). The molecular weight excluding hydrogens is 426 g/mol. The van der Waals surface area contributed by atoms with Gasteiger partial charge in [-0.3, -0.25) is 9.36 Å². The third-order valence-corrected chi connectivity index (χ3v) is 5.96. The van der Waals surface area contributed by atoms with Gasteiger partial charge in [0, 0.05) is 17.5 Å². The maximum atomic E-state index is 13.8. The quantitative estimate of drug-likeness (QED) is 0.413. The van der Waals surface area contributed by atoms with Gasteiger partial charge >= 0.3 is 5.69 Å². The third-order valence-electron chi connectivity index (χ3n) is 5.72. The number of methoxy groups -OCH3 is 1. The van der Waals surface area contributed by atoms with Crippen molar-refractivity contribution in [1.82, 2.24) is 13.7 Å². The molecule has 0 aliphatic rings. The molecule has 0 atom stereocenters. The van der Waals surface area contributed by atoms with Crippen LogP contribution in [-0.4, -0.2) is 20.8 Å². The number of hydrogen-bond donors (Lipinski definition) is 0. The third kappa shape index (κ3) is 3.11. The van der Waals surface area contributed by atoms with E-state index in [1.165, 1.54) is 4.57 Å². The number of halogens is 1. The molecule has 0 N–H and O–H groups in total. The van der Waals surface area contributed by atoms with Crippen LogP contribution in [0.1, 0.15) is 5.56 Å². The Bertz CT molecular complexity index is 1600. The molecule has 3 aromatic carbocycles. The minimum Gasteiger partial charge on any atom is -0.497 e. The minimum absolute atomic E-state index is 0.263. The van der Waals surface area contributed by atoms with E-state index in [9.17, 15) is 9.59 Å². The van der Waals surface area contributed by atoms with E-state index < -0.39 is 5.69 Å². The Labute approximate surface area is 188 Å². The molecule has 5 aromatic rings. The fraction of sp³-hybridized carbons (Fsp3) is 0.120. The highest BCUT2D eigenvalue weighted by Crippen LogP contribution is 2.29. The summed E-state index contributed by atoms with van der Waals surface area (Å²) in [5, 5.41) is 1.36. The molecule has 0 unspecified atom stereocenters. The van der Waals surface area contributed by atoms with E-state index in [1.807, 2.05) is 54.1 Å². The van der Waals surface area contributed by atoms with Crippen molar-refractivity contribution in [1.29, 1.82) is 0 Å². The van der Waals surface area contributed by atoms with Gasteiger partial charge in [-0.05, 0) is 48.0 Å². The number of fused-ring (bicyclic) bond motifs is 3. The highest BCUT2D eigenvalue weighted by molar-refractivity contribution is 6.30. The van der Waals surface area contributed by atoms with Crippen molar-refractivity contribution >= 4 is 33.5 Å². The van der Waals surface area contributed by atoms with Gasteiger partial charge in [-0.25, -0.2) is 9.36 Å². The first-order chi connectivity index (χ1) is 15.5. The molecule has 0 saturated carbocycles. The lowest BCUT2D eigenvalue weighted by Gasteiger charge is -2.13. The molecule has 160 valence electrons. The van der Waals surface area contributed by atoms with Crippen molar-refractivity contribution in [2.45, 2.75) is 6.54 Å². The Morgan fingerprint density at radius 3 is 2.41 bits per heavy atom. The van der Waals surface area contributed by atoms with Crippen LogP contribution in [0.25, 0.3) is 27.6 Å². The second-order valence-electron chi connectivity index (χ2n) is 7.61. The smallest absolute Gasteiger partial charge is 0.336 e. The first-order valence-corrected chi connectivity index (χ1v) is 10.5. The fourth-order valence-corrected chi connectivity index (χ4v) is 4.44. The molecule has 0 bridgehead atoms. The summed E-state index contributed by atoms with van der Waals surface area (Å²) in [5.74, 6) is 0.652. The maximum absolute atomic E-state index is 13.8.